The molecule has 0 atom stereocenters. The maximum Gasteiger partial charge on any atom is 0.466 e. The maximum atomic E-state index is 9.79. The summed E-state index contributed by atoms with van der Waals surface area (Å²) in [5.41, 5.74) is 0. The minimum Gasteiger partial charge on any atom is -0.341 e. The molecule has 0 aliphatic carbocycles. The topological polar surface area (TPSA) is 150 Å². The first kappa shape index (κ1) is 19.6. The van der Waals surface area contributed by atoms with Crippen LogP contribution in [0.4, 0.5) is 0 Å². The van der Waals surface area contributed by atoms with Gasteiger partial charge < -0.3 is 19.2 Å². The predicted octanol–water partition coefficient (Wildman–Crippen LogP) is -0.224. The van der Waals surface area contributed by atoms with Gasteiger partial charge in [0.05, 0.1) is 12.1 Å². The van der Waals surface area contributed by atoms with Crippen LogP contribution in [0.5, 0.6) is 0 Å². The molecule has 11 heteroatoms. The van der Waals surface area contributed by atoms with Crippen LogP contribution in [0, 0.1) is 0 Å². The van der Waals surface area contributed by atoms with E-state index in [1.165, 1.54) is 0 Å². The molecule has 0 unspecified atom stereocenters. The van der Waals surface area contributed by atoms with E-state index in [-0.39, 0.29) is 5.75 Å². The van der Waals surface area contributed by atoms with Gasteiger partial charge in [0.15, 0.2) is 0 Å². The van der Waals surface area contributed by atoms with E-state index in [0.29, 0.717) is 6.42 Å². The van der Waals surface area contributed by atoms with Crippen LogP contribution in [-0.4, -0.2) is 43.0 Å². The SMILES string of the molecule is CCCS(=O)(=O)O.Cn1ccnc1.O=P(O)(O)O. The molecule has 0 aliphatic heterocycles. The van der Waals surface area contributed by atoms with Gasteiger partial charge in [0.25, 0.3) is 10.1 Å². The van der Waals surface area contributed by atoms with Crippen LogP contribution in [0.2, 0.25) is 0 Å². The Morgan fingerprint density at radius 2 is 1.78 bits per heavy atom. The Labute approximate surface area is 105 Å². The highest BCUT2D eigenvalue weighted by Gasteiger charge is 2.00. The lowest BCUT2D eigenvalue weighted by molar-refractivity contribution is 0.275. The van der Waals surface area contributed by atoms with Gasteiger partial charge in [-0.2, -0.15) is 8.42 Å². The Hall–Kier alpha value is -0.770. The van der Waals surface area contributed by atoms with Crippen molar-refractivity contribution in [3.05, 3.63) is 18.7 Å². The van der Waals surface area contributed by atoms with E-state index in [9.17, 15) is 8.42 Å². The second-order valence-electron chi connectivity index (χ2n) is 3.03. The van der Waals surface area contributed by atoms with Gasteiger partial charge in [0.1, 0.15) is 0 Å². The fourth-order valence-electron chi connectivity index (χ4n) is 0.584. The van der Waals surface area contributed by atoms with Gasteiger partial charge in [-0.15, -0.1) is 0 Å². The molecule has 18 heavy (non-hydrogen) atoms. The van der Waals surface area contributed by atoms with Crippen molar-refractivity contribution in [1.82, 2.24) is 9.55 Å². The van der Waals surface area contributed by atoms with Crippen molar-refractivity contribution < 1.29 is 32.2 Å². The van der Waals surface area contributed by atoms with Crippen LogP contribution < -0.4 is 0 Å². The summed E-state index contributed by atoms with van der Waals surface area (Å²) in [5, 5.41) is 0. The van der Waals surface area contributed by atoms with E-state index in [0.717, 1.165) is 0 Å². The average molecular weight is 304 g/mol. The van der Waals surface area contributed by atoms with Gasteiger partial charge in [-0.1, -0.05) is 6.92 Å². The number of phosphoric acid groups is 1. The molecule has 1 aromatic heterocycles. The third-order valence-corrected chi connectivity index (χ3v) is 2.02. The Bertz CT molecular complexity index is 430. The molecule has 0 saturated carbocycles. The number of hydrogen-bond acceptors (Lipinski definition) is 4. The lowest BCUT2D eigenvalue weighted by Gasteiger charge is -1.85. The predicted molar refractivity (Wildman–Crippen MR) is 64.2 cm³/mol. The monoisotopic (exact) mass is 304 g/mol. The molecular weight excluding hydrogens is 287 g/mol. The molecule has 108 valence electrons. The Balaban J connectivity index is 0. The lowest BCUT2D eigenvalue weighted by atomic mass is 10.6. The third kappa shape index (κ3) is 29.5. The zero-order valence-electron chi connectivity index (χ0n) is 9.91. The van der Waals surface area contributed by atoms with E-state index in [2.05, 4.69) is 4.98 Å². The van der Waals surface area contributed by atoms with Crippen molar-refractivity contribution in [3.8, 4) is 0 Å². The summed E-state index contributed by atoms with van der Waals surface area (Å²) in [6, 6.07) is 0. The second kappa shape index (κ2) is 9.20. The van der Waals surface area contributed by atoms with Gasteiger partial charge >= 0.3 is 7.82 Å². The summed E-state index contributed by atoms with van der Waals surface area (Å²) >= 11 is 0. The molecule has 0 spiro atoms. The first-order chi connectivity index (χ1) is 7.95. The van der Waals surface area contributed by atoms with Gasteiger partial charge in [-0.25, -0.2) is 9.55 Å². The van der Waals surface area contributed by atoms with Crippen molar-refractivity contribution in [2.24, 2.45) is 7.05 Å². The molecule has 4 N–H and O–H groups in total. The Kier molecular flexibility index (Phi) is 10.00. The van der Waals surface area contributed by atoms with Gasteiger partial charge in [-0.05, 0) is 6.42 Å². The normalized spacial score (nSPS) is 10.8. The van der Waals surface area contributed by atoms with Crippen LogP contribution in [0.3, 0.4) is 0 Å². The lowest BCUT2D eigenvalue weighted by Crippen LogP contribution is -2.01. The number of aromatic nitrogens is 2. The first-order valence-corrected chi connectivity index (χ1v) is 7.78. The highest BCUT2D eigenvalue weighted by atomic mass is 32.2. The molecule has 1 heterocycles. The molecule has 0 aliphatic rings. The summed E-state index contributed by atoms with van der Waals surface area (Å²) in [4.78, 5) is 25.3. The van der Waals surface area contributed by atoms with Gasteiger partial charge in [0, 0.05) is 19.4 Å². The molecular formula is C7H17N2O7PS. The van der Waals surface area contributed by atoms with Crippen molar-refractivity contribution in [1.29, 1.82) is 0 Å². The number of nitrogens with zero attached hydrogens (tertiary/aromatic N) is 2. The van der Waals surface area contributed by atoms with Crippen LogP contribution >= 0.6 is 7.82 Å². The minimum absolute atomic E-state index is 0.132. The summed E-state index contributed by atoms with van der Waals surface area (Å²) in [6.45, 7) is 1.69. The zero-order chi connectivity index (χ0) is 14.8. The summed E-state index contributed by atoms with van der Waals surface area (Å²) in [6.07, 6.45) is 5.86. The number of rotatable bonds is 2. The van der Waals surface area contributed by atoms with E-state index in [4.69, 9.17) is 23.8 Å². The van der Waals surface area contributed by atoms with Crippen molar-refractivity contribution in [2.75, 3.05) is 5.75 Å². The average Bonchev–Trinajstić information content (AvgIpc) is 2.51. The highest BCUT2D eigenvalue weighted by molar-refractivity contribution is 7.85. The summed E-state index contributed by atoms with van der Waals surface area (Å²) < 4.78 is 38.3. The fraction of sp³-hybridized carbons (Fsp3) is 0.571. The molecule has 0 aromatic carbocycles. The largest absolute Gasteiger partial charge is 0.466 e. The maximum absolute atomic E-state index is 9.79. The zero-order valence-corrected chi connectivity index (χ0v) is 11.6. The van der Waals surface area contributed by atoms with Crippen molar-refractivity contribution >= 4 is 17.9 Å². The van der Waals surface area contributed by atoms with Crippen molar-refractivity contribution in [3.63, 3.8) is 0 Å². The molecule has 1 aromatic rings. The van der Waals surface area contributed by atoms with E-state index in [1.807, 2.05) is 17.8 Å². The van der Waals surface area contributed by atoms with Crippen LogP contribution in [0.1, 0.15) is 13.3 Å². The van der Waals surface area contributed by atoms with Crippen molar-refractivity contribution in [2.45, 2.75) is 13.3 Å². The van der Waals surface area contributed by atoms with E-state index < -0.39 is 17.9 Å². The number of aryl methyl sites for hydroxylation is 1. The molecule has 0 amide bonds. The van der Waals surface area contributed by atoms with Crippen LogP contribution in [-0.2, 0) is 21.7 Å². The third-order valence-electron chi connectivity index (χ3n) is 1.10. The number of imidazole rings is 1. The Morgan fingerprint density at radius 3 is 1.83 bits per heavy atom. The highest BCUT2D eigenvalue weighted by Crippen LogP contribution is 2.25. The molecule has 0 fully saturated rings. The van der Waals surface area contributed by atoms with E-state index >= 15 is 0 Å². The molecule has 9 nitrogen and oxygen atoms in total. The smallest absolute Gasteiger partial charge is 0.341 e. The fourth-order valence-corrected chi connectivity index (χ4v) is 1.10. The molecule has 0 saturated heterocycles. The second-order valence-corrected chi connectivity index (χ2v) is 5.63. The van der Waals surface area contributed by atoms with E-state index in [1.54, 1.807) is 19.4 Å². The molecule has 1 rings (SSSR count). The summed E-state index contributed by atoms with van der Waals surface area (Å²) in [5.74, 6) is -0.132. The number of hydrogen-bond donors (Lipinski definition) is 4. The first-order valence-electron chi connectivity index (χ1n) is 4.61. The van der Waals surface area contributed by atoms with Crippen LogP contribution in [0.25, 0.3) is 0 Å². The van der Waals surface area contributed by atoms with Gasteiger partial charge in [-0.3, -0.25) is 4.55 Å². The summed E-state index contributed by atoms with van der Waals surface area (Å²) in [7, 11) is -6.38. The molecule has 0 bridgehead atoms. The quantitative estimate of drug-likeness (QED) is 0.432. The van der Waals surface area contributed by atoms with Gasteiger partial charge in [0.2, 0.25) is 0 Å². The molecule has 0 radical (unpaired) electrons. The van der Waals surface area contributed by atoms with Crippen LogP contribution in [0.15, 0.2) is 18.7 Å². The Morgan fingerprint density at radius 1 is 1.33 bits per heavy atom. The standard InChI is InChI=1S/C4H6N2.C3H8O3S.H3O4P/c1-6-3-2-5-4-6;1-2-3-7(4,5)6;1-5(2,3)4/h2-4H,1H3;2-3H2,1H3,(H,4,5,6);(H3,1,2,3,4). The minimum atomic E-state index is -4.64.